The van der Waals surface area contributed by atoms with Crippen LogP contribution in [0.5, 0.6) is 0 Å². The van der Waals surface area contributed by atoms with Crippen LogP contribution in [0.1, 0.15) is 33.1 Å². The average molecular weight is 391 g/mol. The number of carbonyl (C=O) groups excluding carboxylic acids is 2. The summed E-state index contributed by atoms with van der Waals surface area (Å²) in [4.78, 5) is 34.7. The first-order valence-electron chi connectivity index (χ1n) is 10.2. The molecule has 156 valence electrons. The van der Waals surface area contributed by atoms with Gasteiger partial charge in [0.05, 0.1) is 17.9 Å². The lowest BCUT2D eigenvalue weighted by atomic mass is 10.2. The minimum atomic E-state index is -0.236. The van der Waals surface area contributed by atoms with Crippen molar-refractivity contribution in [3.63, 3.8) is 0 Å². The van der Waals surface area contributed by atoms with Gasteiger partial charge in [-0.15, -0.1) is 0 Å². The fourth-order valence-corrected chi connectivity index (χ4v) is 3.53. The van der Waals surface area contributed by atoms with Crippen molar-refractivity contribution in [1.82, 2.24) is 20.1 Å². The molecule has 0 radical (unpaired) electrons. The number of hydrogen-bond donors (Lipinski definition) is 2. The second-order valence-electron chi connectivity index (χ2n) is 7.24. The highest BCUT2D eigenvalue weighted by Crippen LogP contribution is 2.18. The van der Waals surface area contributed by atoms with Crippen LogP contribution in [-0.2, 0) is 4.79 Å². The number of urea groups is 1. The molecule has 1 aromatic heterocycles. The average Bonchev–Trinajstić information content (AvgIpc) is 3.15. The number of amides is 3. The van der Waals surface area contributed by atoms with Crippen molar-refractivity contribution < 1.29 is 9.59 Å². The molecule has 0 unspecified atom stereocenters. The van der Waals surface area contributed by atoms with Crippen LogP contribution in [0.3, 0.4) is 0 Å². The van der Waals surface area contributed by atoms with E-state index < -0.39 is 0 Å². The molecule has 8 nitrogen and oxygen atoms in total. The van der Waals surface area contributed by atoms with Gasteiger partial charge in [0.2, 0.25) is 5.91 Å². The molecule has 0 saturated carbocycles. The number of likely N-dealkylation sites (tertiary alicyclic amines) is 1. The molecule has 0 spiro atoms. The monoisotopic (exact) mass is 390 g/mol. The van der Waals surface area contributed by atoms with Gasteiger partial charge in [0, 0.05) is 40.3 Å². The fourth-order valence-electron chi connectivity index (χ4n) is 3.53. The zero-order valence-electron chi connectivity index (χ0n) is 17.6. The molecule has 0 bridgehead atoms. The van der Waals surface area contributed by atoms with Gasteiger partial charge in [0.15, 0.2) is 0 Å². The lowest BCUT2D eigenvalue weighted by Gasteiger charge is -2.26. The molecule has 1 saturated heterocycles. The van der Waals surface area contributed by atoms with Crippen LogP contribution in [0.4, 0.5) is 16.3 Å². The molecule has 2 rings (SSSR count). The first-order valence-corrected chi connectivity index (χ1v) is 10.2. The number of likely N-dealkylation sites (N-methyl/N-ethyl adjacent to an activating group) is 1. The maximum Gasteiger partial charge on any atom is 0.319 e. The summed E-state index contributed by atoms with van der Waals surface area (Å²) >= 11 is 0. The summed E-state index contributed by atoms with van der Waals surface area (Å²) in [5, 5.41) is 5.68. The Morgan fingerprint density at radius 1 is 1.25 bits per heavy atom. The van der Waals surface area contributed by atoms with Crippen molar-refractivity contribution in [3.8, 4) is 0 Å². The van der Waals surface area contributed by atoms with E-state index in [1.807, 2.05) is 12.1 Å². The Hall–Kier alpha value is -2.35. The van der Waals surface area contributed by atoms with Gasteiger partial charge in [-0.2, -0.15) is 0 Å². The largest absolute Gasteiger partial charge is 0.357 e. The van der Waals surface area contributed by atoms with E-state index in [2.05, 4.69) is 39.3 Å². The summed E-state index contributed by atoms with van der Waals surface area (Å²) in [5.41, 5.74) is 0.671. The molecule has 28 heavy (non-hydrogen) atoms. The van der Waals surface area contributed by atoms with E-state index in [-0.39, 0.29) is 18.0 Å². The van der Waals surface area contributed by atoms with Crippen molar-refractivity contribution in [2.24, 2.45) is 0 Å². The van der Waals surface area contributed by atoms with Gasteiger partial charge in [0.25, 0.3) is 0 Å². The number of anilines is 2. The van der Waals surface area contributed by atoms with Gasteiger partial charge in [-0.05, 0) is 51.8 Å². The Morgan fingerprint density at radius 3 is 2.61 bits per heavy atom. The van der Waals surface area contributed by atoms with Crippen LogP contribution in [0, 0.1) is 0 Å². The molecular weight excluding hydrogens is 356 g/mol. The molecular formula is C20H34N6O2. The van der Waals surface area contributed by atoms with Crippen molar-refractivity contribution in [2.45, 2.75) is 39.2 Å². The molecule has 1 aliphatic rings. The summed E-state index contributed by atoms with van der Waals surface area (Å²) < 4.78 is 0. The molecule has 1 fully saturated rings. The molecule has 1 aliphatic heterocycles. The van der Waals surface area contributed by atoms with E-state index in [4.69, 9.17) is 0 Å². The van der Waals surface area contributed by atoms with Crippen molar-refractivity contribution in [3.05, 3.63) is 18.3 Å². The summed E-state index contributed by atoms with van der Waals surface area (Å²) in [6, 6.07) is 3.53. The molecule has 0 aliphatic carbocycles. The van der Waals surface area contributed by atoms with Crippen LogP contribution < -0.4 is 15.5 Å². The highest BCUT2D eigenvalue weighted by molar-refractivity contribution is 5.89. The lowest BCUT2D eigenvalue weighted by molar-refractivity contribution is -0.133. The van der Waals surface area contributed by atoms with E-state index in [1.54, 1.807) is 25.2 Å². The van der Waals surface area contributed by atoms with Crippen LogP contribution >= 0.6 is 0 Å². The van der Waals surface area contributed by atoms with E-state index in [1.165, 1.54) is 0 Å². The quantitative estimate of drug-likeness (QED) is 0.631. The molecule has 2 heterocycles. The van der Waals surface area contributed by atoms with E-state index >= 15 is 0 Å². The smallest absolute Gasteiger partial charge is 0.319 e. The first kappa shape index (κ1) is 21.9. The van der Waals surface area contributed by atoms with Crippen LogP contribution in [0.25, 0.3) is 0 Å². The Morgan fingerprint density at radius 2 is 2.00 bits per heavy atom. The van der Waals surface area contributed by atoms with Gasteiger partial charge >= 0.3 is 6.03 Å². The Balaban J connectivity index is 1.71. The highest BCUT2D eigenvalue weighted by Gasteiger charge is 2.30. The first-order chi connectivity index (χ1) is 13.5. The molecule has 3 amide bonds. The standard InChI is InChI=1S/C20H34N6O2/c1-5-25(6-2)18-11-10-16(15-22-18)23-20(28)21-12-8-14-26-13-7-9-17(26)19(27)24(3)4/h10-11,15,17H,5-9,12-14H2,1-4H3,(H2,21,23,28)/t17-/m0/s1. The number of carbonyl (C=O) groups is 2. The summed E-state index contributed by atoms with van der Waals surface area (Å²) in [7, 11) is 3.60. The van der Waals surface area contributed by atoms with Gasteiger partial charge in [0.1, 0.15) is 5.82 Å². The van der Waals surface area contributed by atoms with Gasteiger partial charge in [-0.25, -0.2) is 9.78 Å². The number of aromatic nitrogens is 1. The minimum Gasteiger partial charge on any atom is -0.357 e. The van der Waals surface area contributed by atoms with E-state index in [0.29, 0.717) is 12.2 Å². The predicted octanol–water partition coefficient (Wildman–Crippen LogP) is 1.99. The molecule has 1 aromatic rings. The van der Waals surface area contributed by atoms with Crippen LogP contribution in [0.2, 0.25) is 0 Å². The third-order valence-electron chi connectivity index (χ3n) is 5.09. The normalized spacial score (nSPS) is 16.6. The number of hydrogen-bond acceptors (Lipinski definition) is 5. The number of rotatable bonds is 9. The van der Waals surface area contributed by atoms with E-state index in [9.17, 15) is 9.59 Å². The van der Waals surface area contributed by atoms with Crippen molar-refractivity contribution in [2.75, 3.05) is 57.0 Å². The SMILES string of the molecule is CCN(CC)c1ccc(NC(=O)NCCCN2CCC[C@H]2C(=O)N(C)C)cn1. The van der Waals surface area contributed by atoms with E-state index in [0.717, 1.165) is 51.3 Å². The zero-order chi connectivity index (χ0) is 20.5. The predicted molar refractivity (Wildman–Crippen MR) is 113 cm³/mol. The second-order valence-corrected chi connectivity index (χ2v) is 7.24. The maximum atomic E-state index is 12.2. The van der Waals surface area contributed by atoms with Crippen LogP contribution in [-0.4, -0.2) is 79.6 Å². The molecule has 1 atom stereocenters. The number of nitrogens with zero attached hydrogens (tertiary/aromatic N) is 4. The third kappa shape index (κ3) is 6.09. The number of nitrogens with one attached hydrogen (secondary N) is 2. The molecule has 8 heteroatoms. The summed E-state index contributed by atoms with van der Waals surface area (Å²) in [6.07, 6.45) is 4.45. The molecule has 2 N–H and O–H groups in total. The Labute approximate surface area is 168 Å². The molecule has 0 aromatic carbocycles. The van der Waals surface area contributed by atoms with Crippen molar-refractivity contribution in [1.29, 1.82) is 0 Å². The highest BCUT2D eigenvalue weighted by atomic mass is 16.2. The maximum absolute atomic E-state index is 12.2. The van der Waals surface area contributed by atoms with Crippen LogP contribution in [0.15, 0.2) is 18.3 Å². The Bertz CT molecular complexity index is 630. The fraction of sp³-hybridized carbons (Fsp3) is 0.650. The Kier molecular flexibility index (Phi) is 8.50. The van der Waals surface area contributed by atoms with Gasteiger partial charge in [-0.3, -0.25) is 9.69 Å². The van der Waals surface area contributed by atoms with Crippen molar-refractivity contribution >= 4 is 23.4 Å². The van der Waals surface area contributed by atoms with Gasteiger partial charge < -0.3 is 20.4 Å². The number of pyridine rings is 1. The lowest BCUT2D eigenvalue weighted by Crippen LogP contribution is -2.43. The summed E-state index contributed by atoms with van der Waals surface area (Å²) in [6.45, 7) is 8.29. The topological polar surface area (TPSA) is 80.8 Å². The summed E-state index contributed by atoms with van der Waals surface area (Å²) in [5.74, 6) is 1.08. The second kappa shape index (κ2) is 10.8. The zero-order valence-corrected chi connectivity index (χ0v) is 17.6. The third-order valence-corrected chi connectivity index (χ3v) is 5.09. The minimum absolute atomic E-state index is 0.0146. The van der Waals surface area contributed by atoms with Gasteiger partial charge in [-0.1, -0.05) is 0 Å².